The van der Waals surface area contributed by atoms with E-state index < -0.39 is 16.0 Å². The SMILES string of the molecule is CCCCS(=O)(=O)N(CCC(=O)O)Cc1cccnc1. The Morgan fingerprint density at radius 3 is 2.75 bits per heavy atom. The molecule has 1 N–H and O–H groups in total. The fourth-order valence-corrected chi connectivity index (χ4v) is 3.31. The van der Waals surface area contributed by atoms with Crippen LogP contribution in [0.25, 0.3) is 0 Å². The van der Waals surface area contributed by atoms with Crippen molar-refractivity contribution in [1.29, 1.82) is 0 Å². The molecule has 0 aliphatic heterocycles. The summed E-state index contributed by atoms with van der Waals surface area (Å²) in [6, 6.07) is 3.50. The first-order valence-electron chi connectivity index (χ1n) is 6.54. The van der Waals surface area contributed by atoms with Gasteiger partial charge in [0.05, 0.1) is 12.2 Å². The molecule has 6 nitrogen and oxygen atoms in total. The summed E-state index contributed by atoms with van der Waals surface area (Å²) in [6.45, 7) is 2.06. The van der Waals surface area contributed by atoms with Crippen molar-refractivity contribution in [2.45, 2.75) is 32.7 Å². The van der Waals surface area contributed by atoms with Gasteiger partial charge in [-0.3, -0.25) is 9.78 Å². The van der Waals surface area contributed by atoms with Crippen molar-refractivity contribution < 1.29 is 18.3 Å². The average Bonchev–Trinajstić information content (AvgIpc) is 2.42. The van der Waals surface area contributed by atoms with Crippen LogP contribution in [0.2, 0.25) is 0 Å². The van der Waals surface area contributed by atoms with Gasteiger partial charge in [-0.05, 0) is 18.1 Å². The van der Waals surface area contributed by atoms with Crippen LogP contribution in [0.3, 0.4) is 0 Å². The second-order valence-corrected chi connectivity index (χ2v) is 6.60. The molecule has 0 fully saturated rings. The number of aliphatic carboxylic acids is 1. The number of carbonyl (C=O) groups is 1. The van der Waals surface area contributed by atoms with Gasteiger partial charge in [0.15, 0.2) is 0 Å². The molecule has 0 aliphatic rings. The van der Waals surface area contributed by atoms with E-state index in [4.69, 9.17) is 5.11 Å². The normalized spacial score (nSPS) is 11.7. The van der Waals surface area contributed by atoms with Crippen LogP contribution < -0.4 is 0 Å². The highest BCUT2D eigenvalue weighted by Crippen LogP contribution is 2.11. The molecule has 0 aliphatic carbocycles. The van der Waals surface area contributed by atoms with E-state index in [1.165, 1.54) is 4.31 Å². The van der Waals surface area contributed by atoms with Gasteiger partial charge < -0.3 is 5.11 Å². The van der Waals surface area contributed by atoms with Crippen LogP contribution in [0.15, 0.2) is 24.5 Å². The summed E-state index contributed by atoms with van der Waals surface area (Å²) in [7, 11) is -3.44. The minimum absolute atomic E-state index is 0.0176. The molecular weight excluding hydrogens is 280 g/mol. The highest BCUT2D eigenvalue weighted by atomic mass is 32.2. The standard InChI is InChI=1S/C13H20N2O4S/c1-2-3-9-20(18,19)15(8-6-13(16)17)11-12-5-4-7-14-10-12/h4-5,7,10H,2-3,6,8-9,11H2,1H3,(H,16,17). The zero-order valence-electron chi connectivity index (χ0n) is 11.5. The van der Waals surface area contributed by atoms with Crippen LogP contribution in [0.1, 0.15) is 31.7 Å². The molecule has 1 heterocycles. The summed E-state index contributed by atoms with van der Waals surface area (Å²) < 4.78 is 25.7. The van der Waals surface area contributed by atoms with Crippen LogP contribution in [0, 0.1) is 0 Å². The van der Waals surface area contributed by atoms with Gasteiger partial charge in [-0.2, -0.15) is 4.31 Å². The molecule has 0 saturated heterocycles. The third-order valence-electron chi connectivity index (χ3n) is 2.81. The summed E-state index contributed by atoms with van der Waals surface area (Å²) in [5.41, 5.74) is 0.748. The second-order valence-electron chi connectivity index (χ2n) is 4.51. The van der Waals surface area contributed by atoms with Gasteiger partial charge in [-0.25, -0.2) is 8.42 Å². The van der Waals surface area contributed by atoms with E-state index in [0.29, 0.717) is 6.42 Å². The van der Waals surface area contributed by atoms with E-state index in [1.54, 1.807) is 24.5 Å². The minimum atomic E-state index is -3.44. The van der Waals surface area contributed by atoms with Gasteiger partial charge in [0, 0.05) is 25.5 Å². The zero-order chi connectivity index (χ0) is 15.0. The van der Waals surface area contributed by atoms with Crippen LogP contribution in [0.5, 0.6) is 0 Å². The van der Waals surface area contributed by atoms with Crippen LogP contribution >= 0.6 is 0 Å². The first-order chi connectivity index (χ1) is 9.45. The number of aromatic nitrogens is 1. The predicted molar refractivity (Wildman–Crippen MR) is 75.6 cm³/mol. The summed E-state index contributed by atoms with van der Waals surface area (Å²) in [5, 5.41) is 8.74. The Balaban J connectivity index is 2.81. The fraction of sp³-hybridized carbons (Fsp3) is 0.538. The average molecular weight is 300 g/mol. The lowest BCUT2D eigenvalue weighted by atomic mass is 10.3. The third kappa shape index (κ3) is 5.66. The van der Waals surface area contributed by atoms with Crippen LogP contribution in [0.4, 0.5) is 0 Å². The lowest BCUT2D eigenvalue weighted by Crippen LogP contribution is -2.34. The maximum absolute atomic E-state index is 12.2. The van der Waals surface area contributed by atoms with Crippen molar-refractivity contribution in [3.8, 4) is 0 Å². The van der Waals surface area contributed by atoms with E-state index >= 15 is 0 Å². The number of nitrogens with zero attached hydrogens (tertiary/aromatic N) is 2. The molecule has 1 aromatic rings. The number of carboxylic acids is 1. The molecule has 0 atom stereocenters. The van der Waals surface area contributed by atoms with E-state index in [1.807, 2.05) is 6.92 Å². The van der Waals surface area contributed by atoms with E-state index in [-0.39, 0.29) is 25.3 Å². The second kappa shape index (κ2) is 7.96. The molecule has 0 spiro atoms. The Kier molecular flexibility index (Phi) is 6.60. The van der Waals surface area contributed by atoms with Gasteiger partial charge in [0.25, 0.3) is 0 Å². The molecule has 112 valence electrons. The minimum Gasteiger partial charge on any atom is -0.481 e. The van der Waals surface area contributed by atoms with Gasteiger partial charge in [-0.1, -0.05) is 19.4 Å². The summed E-state index contributed by atoms with van der Waals surface area (Å²) in [6.07, 6.45) is 4.34. The molecule has 0 amide bonds. The van der Waals surface area contributed by atoms with Crippen LogP contribution in [-0.2, 0) is 21.4 Å². The number of hydrogen-bond acceptors (Lipinski definition) is 4. The third-order valence-corrected chi connectivity index (χ3v) is 4.71. The van der Waals surface area contributed by atoms with Gasteiger partial charge >= 0.3 is 5.97 Å². The summed E-state index contributed by atoms with van der Waals surface area (Å²) in [5.74, 6) is -0.962. The van der Waals surface area contributed by atoms with Crippen molar-refractivity contribution in [2.75, 3.05) is 12.3 Å². The Labute approximate surface area is 119 Å². The van der Waals surface area contributed by atoms with Gasteiger partial charge in [-0.15, -0.1) is 0 Å². The molecule has 20 heavy (non-hydrogen) atoms. The molecule has 1 rings (SSSR count). The number of pyridine rings is 1. The number of rotatable bonds is 9. The molecule has 0 bridgehead atoms. The van der Waals surface area contributed by atoms with Crippen LogP contribution in [-0.4, -0.2) is 41.1 Å². The van der Waals surface area contributed by atoms with E-state index in [0.717, 1.165) is 12.0 Å². The maximum Gasteiger partial charge on any atom is 0.304 e. The highest BCUT2D eigenvalue weighted by Gasteiger charge is 2.22. The Morgan fingerprint density at radius 1 is 1.45 bits per heavy atom. The Hall–Kier alpha value is -1.47. The summed E-state index contributed by atoms with van der Waals surface area (Å²) >= 11 is 0. The molecule has 7 heteroatoms. The molecule has 0 unspecified atom stereocenters. The molecule has 0 aromatic carbocycles. The van der Waals surface area contributed by atoms with E-state index in [2.05, 4.69) is 4.98 Å². The fourth-order valence-electron chi connectivity index (χ4n) is 1.69. The summed E-state index contributed by atoms with van der Waals surface area (Å²) in [4.78, 5) is 14.6. The molecule has 0 radical (unpaired) electrons. The molecular formula is C13H20N2O4S. The zero-order valence-corrected chi connectivity index (χ0v) is 12.3. The molecule has 0 saturated carbocycles. The van der Waals surface area contributed by atoms with Crippen molar-refractivity contribution in [1.82, 2.24) is 9.29 Å². The van der Waals surface area contributed by atoms with E-state index in [9.17, 15) is 13.2 Å². The van der Waals surface area contributed by atoms with Crippen molar-refractivity contribution in [2.24, 2.45) is 0 Å². The monoisotopic (exact) mass is 300 g/mol. The molecule has 1 aromatic heterocycles. The Bertz CT molecular complexity index is 516. The topological polar surface area (TPSA) is 87.6 Å². The lowest BCUT2D eigenvalue weighted by Gasteiger charge is -2.21. The lowest BCUT2D eigenvalue weighted by molar-refractivity contribution is -0.137. The number of hydrogen-bond donors (Lipinski definition) is 1. The quantitative estimate of drug-likeness (QED) is 0.746. The van der Waals surface area contributed by atoms with Gasteiger partial charge in [0.1, 0.15) is 0 Å². The van der Waals surface area contributed by atoms with Crippen molar-refractivity contribution >= 4 is 16.0 Å². The smallest absolute Gasteiger partial charge is 0.304 e. The largest absolute Gasteiger partial charge is 0.481 e. The first-order valence-corrected chi connectivity index (χ1v) is 8.15. The Morgan fingerprint density at radius 2 is 2.20 bits per heavy atom. The van der Waals surface area contributed by atoms with Crippen molar-refractivity contribution in [3.63, 3.8) is 0 Å². The number of unbranched alkanes of at least 4 members (excludes halogenated alkanes) is 1. The predicted octanol–water partition coefficient (Wildman–Crippen LogP) is 1.49. The first kappa shape index (κ1) is 16.6. The van der Waals surface area contributed by atoms with Crippen molar-refractivity contribution in [3.05, 3.63) is 30.1 Å². The maximum atomic E-state index is 12.2. The van der Waals surface area contributed by atoms with Gasteiger partial charge in [0.2, 0.25) is 10.0 Å². The number of sulfonamides is 1. The number of carboxylic acid groups (broad SMARTS) is 1. The highest BCUT2D eigenvalue weighted by molar-refractivity contribution is 7.89.